The number of hydrogen-bond acceptors (Lipinski definition) is 13. The standard InChI is InChI=1S/C34H39NO13/c1-4-45-24-14-35(8-9-46-24)13-17-10-23(47-16(2)29(17)38)48-21-12-34(43,22(37)15-36)11-19-26(21)33(42)28-27(31(19)40)30(39)18-6-5-7-20(44-3)25(18)32(28)41/h5-7,13,16-17,21,23-24,29,36,38,43H,4,8-12,14-15H2,1-3H3,(H-,39,40,41,42)/p+1/t16-,17?,21-,23-,24-,29+,34-/m0/s1. The maximum Gasteiger partial charge on any atom is 0.217 e. The highest BCUT2D eigenvalue weighted by atomic mass is 16.7. The molecule has 7 atom stereocenters. The molecule has 0 amide bonds. The fourth-order valence-corrected chi connectivity index (χ4v) is 7.23. The number of hydrogen-bond donors (Lipinski definition) is 5. The van der Waals surface area contributed by atoms with Crippen LogP contribution in [0.1, 0.15) is 75.8 Å². The van der Waals surface area contributed by atoms with Crippen LogP contribution in [0.2, 0.25) is 0 Å². The molecule has 2 aliphatic heterocycles. The maximum atomic E-state index is 13.9. The second kappa shape index (κ2) is 13.3. The number of aliphatic hydroxyl groups excluding tert-OH is 2. The lowest BCUT2D eigenvalue weighted by molar-refractivity contribution is -0.571. The van der Waals surface area contributed by atoms with Crippen LogP contribution >= 0.6 is 0 Å². The molecule has 0 radical (unpaired) electrons. The smallest absolute Gasteiger partial charge is 0.217 e. The first-order valence-electron chi connectivity index (χ1n) is 16.0. The van der Waals surface area contributed by atoms with E-state index in [1.807, 2.05) is 17.7 Å². The fraction of sp³-hybridized carbons (Fsp3) is 0.529. The van der Waals surface area contributed by atoms with E-state index in [2.05, 4.69) is 0 Å². The molecule has 2 aromatic rings. The Balaban J connectivity index is 1.40. The minimum atomic E-state index is -2.26. The van der Waals surface area contributed by atoms with Crippen molar-refractivity contribution in [1.82, 2.24) is 0 Å². The number of aliphatic hydroxyl groups is 3. The summed E-state index contributed by atoms with van der Waals surface area (Å²) in [6, 6.07) is 4.40. The second-order valence-electron chi connectivity index (χ2n) is 12.6. The van der Waals surface area contributed by atoms with Gasteiger partial charge in [0, 0.05) is 42.6 Å². The Morgan fingerprint density at radius 3 is 2.58 bits per heavy atom. The number of ketones is 3. The molecule has 0 aromatic heterocycles. The van der Waals surface area contributed by atoms with Crippen molar-refractivity contribution in [2.75, 3.05) is 40.0 Å². The van der Waals surface area contributed by atoms with Crippen LogP contribution in [0.3, 0.4) is 0 Å². The van der Waals surface area contributed by atoms with E-state index in [0.717, 1.165) is 0 Å². The number of carbonyl (C=O) groups excluding carboxylic acids is 3. The first kappa shape index (κ1) is 34.1. The fourth-order valence-electron chi connectivity index (χ4n) is 7.23. The average molecular weight is 671 g/mol. The molecule has 6 rings (SSSR count). The van der Waals surface area contributed by atoms with E-state index < -0.39 is 102 Å². The molecule has 48 heavy (non-hydrogen) atoms. The lowest BCUT2D eigenvalue weighted by Crippen LogP contribution is -2.50. The molecule has 1 unspecified atom stereocenters. The van der Waals surface area contributed by atoms with Crippen LogP contribution in [0, 0.1) is 5.92 Å². The zero-order valence-corrected chi connectivity index (χ0v) is 26.9. The Kier molecular flexibility index (Phi) is 9.43. The third kappa shape index (κ3) is 5.81. The highest BCUT2D eigenvalue weighted by Gasteiger charge is 2.50. The van der Waals surface area contributed by atoms with Gasteiger partial charge in [-0.05, 0) is 19.9 Å². The summed E-state index contributed by atoms with van der Waals surface area (Å²) in [7, 11) is 1.33. The molecule has 14 heteroatoms. The van der Waals surface area contributed by atoms with Crippen molar-refractivity contribution >= 4 is 23.6 Å². The Hall–Kier alpha value is -3.76. The van der Waals surface area contributed by atoms with Crippen molar-refractivity contribution in [2.24, 2.45) is 5.92 Å². The zero-order valence-electron chi connectivity index (χ0n) is 26.9. The van der Waals surface area contributed by atoms with E-state index in [-0.39, 0.29) is 34.4 Å². The monoisotopic (exact) mass is 670 g/mol. The van der Waals surface area contributed by atoms with Gasteiger partial charge in [0.05, 0.1) is 48.0 Å². The molecule has 2 saturated heterocycles. The van der Waals surface area contributed by atoms with Crippen molar-refractivity contribution < 1.29 is 68.2 Å². The number of nitrogens with zero attached hydrogens (tertiary/aromatic N) is 1. The topological polar surface area (TPSA) is 202 Å². The molecule has 0 spiro atoms. The van der Waals surface area contributed by atoms with Gasteiger partial charge in [-0.25, -0.2) is 4.58 Å². The van der Waals surface area contributed by atoms with Gasteiger partial charge >= 0.3 is 0 Å². The van der Waals surface area contributed by atoms with E-state index in [0.29, 0.717) is 26.3 Å². The molecule has 2 heterocycles. The minimum absolute atomic E-state index is 0.0508. The number of fused-ring (bicyclic) bond motifs is 3. The molecule has 2 aliphatic carbocycles. The highest BCUT2D eigenvalue weighted by Crippen LogP contribution is 2.52. The summed E-state index contributed by atoms with van der Waals surface area (Å²) in [5, 5.41) is 55.6. The summed E-state index contributed by atoms with van der Waals surface area (Å²) < 4.78 is 30.9. The molecule has 14 nitrogen and oxygen atoms in total. The lowest BCUT2D eigenvalue weighted by Gasteiger charge is -2.42. The van der Waals surface area contributed by atoms with E-state index >= 15 is 0 Å². The number of ether oxygens (including phenoxy) is 5. The number of Topliss-reactive ketones (excluding diaryl/α,β-unsaturated/α-hetero) is 1. The Bertz CT molecular complexity index is 1670. The number of benzene rings is 2. The normalized spacial score (nSPS) is 30.8. The minimum Gasteiger partial charge on any atom is -0.507 e. The predicted octanol–water partition coefficient (Wildman–Crippen LogP) is 0.766. The molecule has 2 fully saturated rings. The van der Waals surface area contributed by atoms with Crippen molar-refractivity contribution in [3.05, 3.63) is 51.6 Å². The summed E-state index contributed by atoms with van der Waals surface area (Å²) in [6.07, 6.45) is -3.50. The van der Waals surface area contributed by atoms with Crippen LogP contribution in [0.15, 0.2) is 18.2 Å². The first-order chi connectivity index (χ1) is 22.9. The predicted molar refractivity (Wildman–Crippen MR) is 165 cm³/mol. The molecule has 258 valence electrons. The maximum absolute atomic E-state index is 13.9. The van der Waals surface area contributed by atoms with Crippen LogP contribution in [0.25, 0.3) is 0 Å². The Labute approximate surface area is 276 Å². The van der Waals surface area contributed by atoms with Crippen molar-refractivity contribution in [1.29, 1.82) is 0 Å². The van der Waals surface area contributed by atoms with Gasteiger partial charge in [-0.2, -0.15) is 0 Å². The van der Waals surface area contributed by atoms with Crippen LogP contribution < -0.4 is 4.74 Å². The largest absolute Gasteiger partial charge is 0.507 e. The van der Waals surface area contributed by atoms with E-state index in [1.54, 1.807) is 6.92 Å². The average Bonchev–Trinajstić information content (AvgIpc) is 3.06. The molecule has 2 aromatic carbocycles. The zero-order chi connectivity index (χ0) is 34.5. The van der Waals surface area contributed by atoms with Crippen LogP contribution in [-0.4, -0.2) is 124 Å². The van der Waals surface area contributed by atoms with Crippen molar-refractivity contribution in [2.45, 2.75) is 69.6 Å². The quantitative estimate of drug-likeness (QED) is 0.166. The summed E-state index contributed by atoms with van der Waals surface area (Å²) in [4.78, 5) is 40.5. The van der Waals surface area contributed by atoms with Crippen LogP contribution in [0.4, 0.5) is 0 Å². The molecule has 0 bridgehead atoms. The molecule has 0 saturated carbocycles. The van der Waals surface area contributed by atoms with Gasteiger partial charge in [0.15, 0.2) is 30.9 Å². The van der Waals surface area contributed by atoms with Crippen molar-refractivity contribution in [3.63, 3.8) is 0 Å². The van der Waals surface area contributed by atoms with Gasteiger partial charge in [-0.15, -0.1) is 0 Å². The summed E-state index contributed by atoms with van der Waals surface area (Å²) in [5.41, 5.74) is -3.62. The molecular formula is C34H40NO13+. The van der Waals surface area contributed by atoms with Crippen molar-refractivity contribution in [3.8, 4) is 17.2 Å². The van der Waals surface area contributed by atoms with Crippen LogP contribution in [-0.2, 0) is 30.2 Å². The number of rotatable bonds is 8. The molecule has 4 aliphatic rings. The Morgan fingerprint density at radius 1 is 1.12 bits per heavy atom. The number of morpholine rings is 1. The van der Waals surface area contributed by atoms with Gasteiger partial charge in [-0.3, -0.25) is 14.4 Å². The van der Waals surface area contributed by atoms with Gasteiger partial charge in [0.1, 0.15) is 42.3 Å². The third-order valence-corrected chi connectivity index (χ3v) is 9.63. The summed E-state index contributed by atoms with van der Waals surface area (Å²) >= 11 is 0. The van der Waals surface area contributed by atoms with E-state index in [4.69, 9.17) is 23.7 Å². The number of methoxy groups -OCH3 is 1. The number of carbonyl (C=O) groups is 3. The SMILES string of the molecule is CCO[C@@H]1C[N+](=CC2C[C@H](O[C@H]3C[C@](O)(C(=O)CO)Cc4c(O)c5c(c(O)c43)C(=O)c3c(OC)cccc3C5=O)O[C@@H](C)[C@H]2O)CCO1. The van der Waals surface area contributed by atoms with E-state index in [1.165, 1.54) is 25.3 Å². The van der Waals surface area contributed by atoms with Gasteiger partial charge in [-0.1, -0.05) is 12.1 Å². The second-order valence-corrected chi connectivity index (χ2v) is 12.6. The number of aromatic hydroxyl groups is 2. The summed E-state index contributed by atoms with van der Waals surface area (Å²) in [6.45, 7) is 4.43. The van der Waals surface area contributed by atoms with Gasteiger partial charge in [0.25, 0.3) is 0 Å². The molecular weight excluding hydrogens is 630 g/mol. The van der Waals surface area contributed by atoms with E-state index in [9.17, 15) is 39.9 Å². The lowest BCUT2D eigenvalue weighted by atomic mass is 9.72. The first-order valence-corrected chi connectivity index (χ1v) is 16.0. The Morgan fingerprint density at radius 2 is 1.88 bits per heavy atom. The highest BCUT2D eigenvalue weighted by molar-refractivity contribution is 6.31. The van der Waals surface area contributed by atoms with Crippen LogP contribution in [0.5, 0.6) is 17.2 Å². The van der Waals surface area contributed by atoms with Gasteiger partial charge in [0.2, 0.25) is 12.1 Å². The third-order valence-electron chi connectivity index (χ3n) is 9.63. The van der Waals surface area contributed by atoms with Gasteiger partial charge < -0.3 is 49.2 Å². The molecule has 5 N–H and O–H groups in total. The number of phenolic OH excluding ortho intramolecular Hbond substituents is 2. The number of phenols is 2. The summed E-state index contributed by atoms with van der Waals surface area (Å²) in [5.74, 6) is -4.21.